The van der Waals surface area contributed by atoms with Crippen LogP contribution in [0.25, 0.3) is 0 Å². The van der Waals surface area contributed by atoms with Crippen LogP contribution >= 0.6 is 0 Å². The number of ether oxygens (including phenoxy) is 1. The zero-order valence-electron chi connectivity index (χ0n) is 19.1. The van der Waals surface area contributed by atoms with E-state index in [9.17, 15) is 14.0 Å². The number of aromatic nitrogens is 3. The molecule has 0 saturated carbocycles. The molecule has 6 rings (SSSR count). The summed E-state index contributed by atoms with van der Waals surface area (Å²) in [5, 5.41) is 8.03. The molecule has 178 valence electrons. The van der Waals surface area contributed by atoms with Crippen LogP contribution in [0.5, 0.6) is 5.75 Å². The number of anilines is 2. The summed E-state index contributed by atoms with van der Waals surface area (Å²) in [4.78, 5) is 32.0. The molecular formula is C26H24FN5O3. The van der Waals surface area contributed by atoms with Crippen molar-refractivity contribution < 1.29 is 18.7 Å². The van der Waals surface area contributed by atoms with E-state index in [0.717, 1.165) is 21.8 Å². The average molecular weight is 474 g/mol. The smallest absolute Gasteiger partial charge is 0.260 e. The number of nitrogens with one attached hydrogen (secondary N) is 1. The van der Waals surface area contributed by atoms with Crippen molar-refractivity contribution >= 4 is 23.7 Å². The predicted octanol–water partition coefficient (Wildman–Crippen LogP) is 4.03. The molecule has 9 heteroatoms. The van der Waals surface area contributed by atoms with Crippen LogP contribution in [0, 0.1) is 17.7 Å². The summed E-state index contributed by atoms with van der Waals surface area (Å²) in [7, 11) is 1.62. The Morgan fingerprint density at radius 1 is 0.943 bits per heavy atom. The van der Waals surface area contributed by atoms with E-state index < -0.39 is 0 Å². The highest BCUT2D eigenvalue weighted by Gasteiger charge is 2.50. The van der Waals surface area contributed by atoms with Crippen molar-refractivity contribution in [1.29, 1.82) is 0 Å². The standard InChI is InChI=1S/C26H24FN5O3/c1-35-18-12-8-15(9-13-18)21-14-22(16-6-10-17(27)11-7-16)32-25(28-21)29-26(30-32)31-23(33)19-4-2-3-5-20(19)24(31)34/h2-3,6-13,19-22H,4-5,14H2,1H3,(H,28,29,30)/t19-,20+,21-,22-/m1/s1. The SMILES string of the molecule is COc1ccc([C@H]2C[C@H](c3ccc(F)cc3)n3nc(N4C(=O)[C@H]5CC=CC[C@H]5C4=O)nc3N2)cc1. The maximum absolute atomic E-state index is 13.7. The lowest BCUT2D eigenvalue weighted by molar-refractivity contribution is -0.122. The highest BCUT2D eigenvalue weighted by atomic mass is 19.1. The minimum Gasteiger partial charge on any atom is -0.497 e. The Kier molecular flexibility index (Phi) is 5.12. The van der Waals surface area contributed by atoms with Crippen molar-refractivity contribution in [3.05, 3.63) is 77.6 Å². The molecule has 0 spiro atoms. The Balaban J connectivity index is 1.39. The Morgan fingerprint density at radius 2 is 1.57 bits per heavy atom. The van der Waals surface area contributed by atoms with E-state index in [1.807, 2.05) is 36.4 Å². The number of hydrogen-bond donors (Lipinski definition) is 1. The second-order valence-corrected chi connectivity index (χ2v) is 9.12. The van der Waals surface area contributed by atoms with Gasteiger partial charge in [-0.2, -0.15) is 4.98 Å². The molecule has 0 bridgehead atoms. The lowest BCUT2D eigenvalue weighted by Crippen LogP contribution is -2.32. The molecule has 2 aromatic carbocycles. The number of halogens is 1. The summed E-state index contributed by atoms with van der Waals surface area (Å²) in [5.41, 5.74) is 1.89. The largest absolute Gasteiger partial charge is 0.497 e. The lowest BCUT2D eigenvalue weighted by Gasteiger charge is -2.31. The van der Waals surface area contributed by atoms with Gasteiger partial charge >= 0.3 is 0 Å². The number of allylic oxidation sites excluding steroid dienone is 2. The van der Waals surface area contributed by atoms with E-state index in [1.165, 1.54) is 12.1 Å². The maximum Gasteiger partial charge on any atom is 0.260 e. The average Bonchev–Trinajstić information content (AvgIpc) is 3.42. The summed E-state index contributed by atoms with van der Waals surface area (Å²) < 4.78 is 20.6. The van der Waals surface area contributed by atoms with Crippen LogP contribution in [0.2, 0.25) is 0 Å². The molecule has 0 radical (unpaired) electrons. The number of nitrogens with zero attached hydrogens (tertiary/aromatic N) is 4. The van der Waals surface area contributed by atoms with Gasteiger partial charge in [-0.1, -0.05) is 36.4 Å². The predicted molar refractivity (Wildman–Crippen MR) is 126 cm³/mol. The van der Waals surface area contributed by atoms with Crippen molar-refractivity contribution in [2.24, 2.45) is 11.8 Å². The second kappa shape index (κ2) is 8.33. The summed E-state index contributed by atoms with van der Waals surface area (Å²) in [6.45, 7) is 0. The van der Waals surface area contributed by atoms with Gasteiger partial charge in [0.25, 0.3) is 5.95 Å². The van der Waals surface area contributed by atoms with E-state index in [-0.39, 0.29) is 47.5 Å². The van der Waals surface area contributed by atoms with Crippen molar-refractivity contribution in [1.82, 2.24) is 14.8 Å². The molecule has 3 heterocycles. The van der Waals surface area contributed by atoms with E-state index in [2.05, 4.69) is 15.4 Å². The minimum atomic E-state index is -0.360. The van der Waals surface area contributed by atoms with Crippen molar-refractivity contribution in [3.63, 3.8) is 0 Å². The van der Waals surface area contributed by atoms with Gasteiger partial charge in [0.05, 0.1) is 31.0 Å². The van der Waals surface area contributed by atoms with E-state index >= 15 is 0 Å². The van der Waals surface area contributed by atoms with Gasteiger partial charge in [0.15, 0.2) is 0 Å². The van der Waals surface area contributed by atoms with E-state index in [4.69, 9.17) is 4.74 Å². The second-order valence-electron chi connectivity index (χ2n) is 9.12. The van der Waals surface area contributed by atoms with Crippen LogP contribution in [-0.4, -0.2) is 33.7 Å². The molecule has 35 heavy (non-hydrogen) atoms. The van der Waals surface area contributed by atoms with Crippen LogP contribution in [0.3, 0.4) is 0 Å². The van der Waals surface area contributed by atoms with E-state index in [0.29, 0.717) is 25.2 Å². The molecule has 3 aliphatic rings. The Hall–Kier alpha value is -4.01. The maximum atomic E-state index is 13.7. The molecule has 1 fully saturated rings. The molecule has 8 nitrogen and oxygen atoms in total. The van der Waals surface area contributed by atoms with Crippen molar-refractivity contribution in [2.45, 2.75) is 31.3 Å². The van der Waals surface area contributed by atoms with Crippen LogP contribution in [-0.2, 0) is 9.59 Å². The number of carbonyl (C=O) groups is 2. The fraction of sp³-hybridized carbons (Fsp3) is 0.308. The number of fused-ring (bicyclic) bond motifs is 2. The number of rotatable bonds is 4. The first-order valence-electron chi connectivity index (χ1n) is 11.7. The van der Waals surface area contributed by atoms with E-state index in [1.54, 1.807) is 23.9 Å². The van der Waals surface area contributed by atoms with Gasteiger partial charge in [0.1, 0.15) is 11.6 Å². The van der Waals surface area contributed by atoms with Gasteiger partial charge in [-0.3, -0.25) is 9.59 Å². The molecular weight excluding hydrogens is 449 g/mol. The molecule has 0 unspecified atom stereocenters. The van der Waals surface area contributed by atoms with Gasteiger partial charge in [-0.25, -0.2) is 14.0 Å². The number of imide groups is 1. The zero-order chi connectivity index (χ0) is 24.1. The molecule has 1 saturated heterocycles. The van der Waals surface area contributed by atoms with Gasteiger partial charge < -0.3 is 10.1 Å². The summed E-state index contributed by atoms with van der Waals surface area (Å²) in [5.74, 6) is -0.253. The molecule has 2 aliphatic heterocycles. The van der Waals surface area contributed by atoms with Crippen molar-refractivity contribution in [2.75, 3.05) is 17.3 Å². The third-order valence-corrected chi connectivity index (χ3v) is 7.16. The van der Waals surface area contributed by atoms with Gasteiger partial charge in [-0.05, 0) is 54.7 Å². The van der Waals surface area contributed by atoms with Crippen LogP contribution in [0.1, 0.15) is 42.5 Å². The lowest BCUT2D eigenvalue weighted by atomic mass is 9.85. The monoisotopic (exact) mass is 473 g/mol. The normalized spacial score (nSPS) is 25.3. The fourth-order valence-corrected chi connectivity index (χ4v) is 5.28. The number of amides is 2. The molecule has 4 atom stereocenters. The Labute approximate surface area is 201 Å². The fourth-order valence-electron chi connectivity index (χ4n) is 5.28. The topological polar surface area (TPSA) is 89.4 Å². The first kappa shape index (κ1) is 21.5. The quantitative estimate of drug-likeness (QED) is 0.455. The molecule has 1 aliphatic carbocycles. The first-order chi connectivity index (χ1) is 17.0. The number of hydrogen-bond acceptors (Lipinski definition) is 6. The van der Waals surface area contributed by atoms with Crippen molar-refractivity contribution in [3.8, 4) is 5.75 Å². The zero-order valence-corrected chi connectivity index (χ0v) is 19.1. The first-order valence-corrected chi connectivity index (χ1v) is 11.7. The highest BCUT2D eigenvalue weighted by Crippen LogP contribution is 2.41. The van der Waals surface area contributed by atoms with Crippen LogP contribution < -0.4 is 15.0 Å². The van der Waals surface area contributed by atoms with Gasteiger partial charge in [0.2, 0.25) is 17.8 Å². The molecule has 1 N–H and O–H groups in total. The van der Waals surface area contributed by atoms with Crippen LogP contribution in [0.4, 0.5) is 16.3 Å². The third-order valence-electron chi connectivity index (χ3n) is 7.16. The third kappa shape index (κ3) is 3.58. The van der Waals surface area contributed by atoms with Crippen LogP contribution in [0.15, 0.2) is 60.7 Å². The minimum absolute atomic E-state index is 0.0828. The molecule has 1 aromatic heterocycles. The number of benzene rings is 2. The Morgan fingerprint density at radius 3 is 2.20 bits per heavy atom. The van der Waals surface area contributed by atoms with Gasteiger partial charge in [0, 0.05) is 0 Å². The Bertz CT molecular complexity index is 1290. The van der Waals surface area contributed by atoms with Gasteiger partial charge in [-0.15, -0.1) is 5.10 Å². The summed E-state index contributed by atoms with van der Waals surface area (Å²) in [6, 6.07) is 13.7. The molecule has 3 aromatic rings. The number of carbonyl (C=O) groups excluding carboxylic acids is 2. The molecule has 2 amide bonds. The summed E-state index contributed by atoms with van der Waals surface area (Å²) >= 11 is 0. The highest BCUT2D eigenvalue weighted by molar-refractivity contribution is 6.21. The number of methoxy groups -OCH3 is 1. The summed E-state index contributed by atoms with van der Waals surface area (Å²) in [6.07, 6.45) is 5.62.